The van der Waals surface area contributed by atoms with Crippen LogP contribution >= 0.6 is 0 Å². The zero-order valence-corrected chi connectivity index (χ0v) is 9.32. The van der Waals surface area contributed by atoms with E-state index in [2.05, 4.69) is 26.1 Å². The van der Waals surface area contributed by atoms with E-state index in [1.165, 1.54) is 38.6 Å². The lowest BCUT2D eigenvalue weighted by molar-refractivity contribution is 0.144. The van der Waals surface area contributed by atoms with E-state index in [9.17, 15) is 0 Å². The molecule has 1 nitrogen and oxygen atoms in total. The van der Waals surface area contributed by atoms with E-state index in [1.54, 1.807) is 0 Å². The van der Waals surface area contributed by atoms with Crippen molar-refractivity contribution >= 4 is 0 Å². The van der Waals surface area contributed by atoms with Crippen molar-refractivity contribution in [3.05, 3.63) is 0 Å². The van der Waals surface area contributed by atoms with Crippen LogP contribution in [0.4, 0.5) is 0 Å². The van der Waals surface area contributed by atoms with Gasteiger partial charge in [-0.2, -0.15) is 0 Å². The van der Waals surface area contributed by atoms with Crippen molar-refractivity contribution in [1.82, 2.24) is 5.32 Å². The van der Waals surface area contributed by atoms with Gasteiger partial charge < -0.3 is 5.32 Å². The lowest BCUT2D eigenvalue weighted by atomic mass is 9.68. The van der Waals surface area contributed by atoms with Gasteiger partial charge in [0, 0.05) is 6.04 Å². The van der Waals surface area contributed by atoms with Crippen molar-refractivity contribution < 1.29 is 0 Å². The first-order chi connectivity index (χ1) is 6.05. The average Bonchev–Trinajstić information content (AvgIpc) is 2.60. The summed E-state index contributed by atoms with van der Waals surface area (Å²) in [5.41, 5.74) is 1.12. The van der Waals surface area contributed by atoms with Crippen LogP contribution in [-0.4, -0.2) is 12.6 Å². The minimum atomic E-state index is 0.445. The Hall–Kier alpha value is -0.0400. The molecule has 2 fully saturated rings. The number of hydrogen-bond donors (Lipinski definition) is 1. The molecule has 0 aromatic heterocycles. The maximum atomic E-state index is 3.73. The third kappa shape index (κ3) is 1.52. The Labute approximate surface area is 82.3 Å². The Bertz CT molecular complexity index is 178. The number of hydrogen-bond acceptors (Lipinski definition) is 1. The molecule has 2 rings (SSSR count). The van der Waals surface area contributed by atoms with Crippen LogP contribution in [0, 0.1) is 10.8 Å². The highest BCUT2D eigenvalue weighted by Gasteiger charge is 2.48. The van der Waals surface area contributed by atoms with Crippen LogP contribution in [0.3, 0.4) is 0 Å². The molecular weight excluding hydrogens is 158 g/mol. The SMILES string of the molecule is CC(C)(C)C1NCCC12CCCC2. The zero-order valence-electron chi connectivity index (χ0n) is 9.32. The predicted molar refractivity (Wildman–Crippen MR) is 56.8 cm³/mol. The maximum absolute atomic E-state index is 3.73. The molecule has 1 saturated heterocycles. The van der Waals surface area contributed by atoms with Gasteiger partial charge in [-0.1, -0.05) is 33.6 Å². The number of rotatable bonds is 0. The van der Waals surface area contributed by atoms with Crippen molar-refractivity contribution in [1.29, 1.82) is 0 Å². The van der Waals surface area contributed by atoms with E-state index in [-0.39, 0.29) is 0 Å². The highest BCUT2D eigenvalue weighted by molar-refractivity contribution is 5.04. The van der Waals surface area contributed by atoms with Crippen LogP contribution in [-0.2, 0) is 0 Å². The molecule has 2 aliphatic rings. The standard InChI is InChI=1S/C12H23N/c1-11(2,3)10-12(8-9-13-10)6-4-5-7-12/h10,13H,4-9H2,1-3H3. The smallest absolute Gasteiger partial charge is 0.0172 e. The summed E-state index contributed by atoms with van der Waals surface area (Å²) in [6.07, 6.45) is 7.31. The topological polar surface area (TPSA) is 12.0 Å². The maximum Gasteiger partial charge on any atom is 0.0172 e. The summed E-state index contributed by atoms with van der Waals surface area (Å²) < 4.78 is 0. The molecule has 0 bridgehead atoms. The quantitative estimate of drug-likeness (QED) is 0.606. The minimum Gasteiger partial charge on any atom is -0.313 e. The molecule has 1 spiro atoms. The van der Waals surface area contributed by atoms with Gasteiger partial charge in [0.1, 0.15) is 0 Å². The average molecular weight is 181 g/mol. The molecule has 76 valence electrons. The van der Waals surface area contributed by atoms with Gasteiger partial charge in [0.05, 0.1) is 0 Å². The highest BCUT2D eigenvalue weighted by Crippen LogP contribution is 2.51. The van der Waals surface area contributed by atoms with E-state index < -0.39 is 0 Å². The second-order valence-corrected chi connectivity index (χ2v) is 6.07. The molecule has 0 aromatic carbocycles. The van der Waals surface area contributed by atoms with Crippen LogP contribution in [0.1, 0.15) is 52.9 Å². The first-order valence-electron chi connectivity index (χ1n) is 5.78. The van der Waals surface area contributed by atoms with Crippen LogP contribution in [0.25, 0.3) is 0 Å². The van der Waals surface area contributed by atoms with Gasteiger partial charge in [-0.15, -0.1) is 0 Å². The summed E-state index contributed by atoms with van der Waals surface area (Å²) in [7, 11) is 0. The molecule has 1 heteroatoms. The molecule has 1 N–H and O–H groups in total. The van der Waals surface area contributed by atoms with Crippen molar-refractivity contribution in [2.24, 2.45) is 10.8 Å². The van der Waals surface area contributed by atoms with Crippen LogP contribution in [0.5, 0.6) is 0 Å². The summed E-state index contributed by atoms with van der Waals surface area (Å²) in [5, 5.41) is 3.73. The van der Waals surface area contributed by atoms with Crippen LogP contribution < -0.4 is 5.32 Å². The Balaban J connectivity index is 2.18. The predicted octanol–water partition coefficient (Wildman–Crippen LogP) is 2.95. The van der Waals surface area contributed by atoms with Gasteiger partial charge in [-0.05, 0) is 36.6 Å². The molecule has 13 heavy (non-hydrogen) atoms. The monoisotopic (exact) mass is 181 g/mol. The molecule has 0 amide bonds. The van der Waals surface area contributed by atoms with Crippen LogP contribution in [0.2, 0.25) is 0 Å². The van der Waals surface area contributed by atoms with Gasteiger partial charge in [0.15, 0.2) is 0 Å². The Morgan fingerprint density at radius 2 is 1.69 bits per heavy atom. The molecule has 0 aromatic rings. The van der Waals surface area contributed by atoms with Gasteiger partial charge in [0.25, 0.3) is 0 Å². The summed E-state index contributed by atoms with van der Waals surface area (Å²) in [5.74, 6) is 0. The first kappa shape index (κ1) is 9.51. The third-order valence-corrected chi connectivity index (χ3v) is 4.05. The summed E-state index contributed by atoms with van der Waals surface area (Å²) in [6.45, 7) is 8.41. The van der Waals surface area contributed by atoms with Gasteiger partial charge >= 0.3 is 0 Å². The van der Waals surface area contributed by atoms with Crippen molar-refractivity contribution in [3.63, 3.8) is 0 Å². The Kier molecular flexibility index (Phi) is 2.18. The fraction of sp³-hybridized carbons (Fsp3) is 1.00. The van der Waals surface area contributed by atoms with Crippen molar-refractivity contribution in [2.75, 3.05) is 6.54 Å². The molecular formula is C12H23N. The third-order valence-electron chi connectivity index (χ3n) is 4.05. The minimum absolute atomic E-state index is 0.445. The van der Waals surface area contributed by atoms with E-state index in [0.717, 1.165) is 6.04 Å². The molecule has 1 unspecified atom stereocenters. The normalized spacial score (nSPS) is 33.0. The summed E-state index contributed by atoms with van der Waals surface area (Å²) >= 11 is 0. The molecule has 0 radical (unpaired) electrons. The second kappa shape index (κ2) is 2.98. The molecule has 1 aliphatic carbocycles. The highest BCUT2D eigenvalue weighted by atomic mass is 15.0. The lowest BCUT2D eigenvalue weighted by Crippen LogP contribution is -2.45. The largest absolute Gasteiger partial charge is 0.313 e. The molecule has 1 heterocycles. The Morgan fingerprint density at radius 1 is 1.08 bits per heavy atom. The van der Waals surface area contributed by atoms with E-state index in [1.807, 2.05) is 0 Å². The number of nitrogens with one attached hydrogen (secondary N) is 1. The summed E-state index contributed by atoms with van der Waals surface area (Å²) in [4.78, 5) is 0. The van der Waals surface area contributed by atoms with Gasteiger partial charge in [-0.3, -0.25) is 0 Å². The van der Waals surface area contributed by atoms with Crippen LogP contribution in [0.15, 0.2) is 0 Å². The fourth-order valence-corrected chi connectivity index (χ4v) is 3.67. The first-order valence-corrected chi connectivity index (χ1v) is 5.78. The summed E-state index contributed by atoms with van der Waals surface area (Å²) in [6, 6.07) is 0.766. The zero-order chi connectivity index (χ0) is 9.53. The van der Waals surface area contributed by atoms with E-state index >= 15 is 0 Å². The van der Waals surface area contributed by atoms with Gasteiger partial charge in [-0.25, -0.2) is 0 Å². The lowest BCUT2D eigenvalue weighted by Gasteiger charge is -2.39. The van der Waals surface area contributed by atoms with Crippen molar-refractivity contribution in [3.8, 4) is 0 Å². The molecule has 1 atom stereocenters. The van der Waals surface area contributed by atoms with E-state index in [0.29, 0.717) is 10.8 Å². The second-order valence-electron chi connectivity index (χ2n) is 6.07. The Morgan fingerprint density at radius 3 is 2.23 bits per heavy atom. The van der Waals surface area contributed by atoms with Crippen molar-refractivity contribution in [2.45, 2.75) is 58.9 Å². The fourth-order valence-electron chi connectivity index (χ4n) is 3.67. The molecule has 1 aliphatic heterocycles. The molecule has 1 saturated carbocycles. The van der Waals surface area contributed by atoms with Gasteiger partial charge in [0.2, 0.25) is 0 Å². The van der Waals surface area contributed by atoms with E-state index in [4.69, 9.17) is 0 Å².